The maximum absolute atomic E-state index is 13.6. The van der Waals surface area contributed by atoms with Crippen LogP contribution in [0.5, 0.6) is 23.0 Å². The van der Waals surface area contributed by atoms with E-state index in [0.717, 1.165) is 18.2 Å². The smallest absolute Gasteiger partial charge is 0.419 e. The van der Waals surface area contributed by atoms with E-state index in [-0.39, 0.29) is 21.4 Å². The Morgan fingerprint density at radius 1 is 1.03 bits per heavy atom. The molecule has 0 aliphatic carbocycles. The first-order chi connectivity index (χ1) is 17.4. The highest BCUT2D eigenvalue weighted by atomic mass is 35.5. The van der Waals surface area contributed by atoms with Gasteiger partial charge in [0.1, 0.15) is 29.1 Å². The molecular formula is C25H24ClF3N2O5S. The van der Waals surface area contributed by atoms with E-state index in [0.29, 0.717) is 31.0 Å². The maximum Gasteiger partial charge on any atom is 0.419 e. The lowest BCUT2D eigenvalue weighted by Crippen LogP contribution is -2.23. The normalized spacial score (nSPS) is 16.4. The van der Waals surface area contributed by atoms with Gasteiger partial charge >= 0.3 is 6.18 Å². The van der Waals surface area contributed by atoms with E-state index >= 15 is 0 Å². The first-order valence-corrected chi connectivity index (χ1v) is 13.0. The average molecular weight is 557 g/mol. The molecule has 1 atom stereocenters. The fourth-order valence-electron chi connectivity index (χ4n) is 3.83. The van der Waals surface area contributed by atoms with Crippen molar-refractivity contribution in [1.82, 2.24) is 4.90 Å². The highest BCUT2D eigenvalue weighted by Gasteiger charge is 2.36. The first-order valence-electron chi connectivity index (χ1n) is 11.2. The number of nitrogens with zero attached hydrogens (tertiary/aromatic N) is 1. The molecule has 0 bridgehead atoms. The molecule has 0 saturated carbocycles. The van der Waals surface area contributed by atoms with E-state index in [1.54, 1.807) is 24.3 Å². The van der Waals surface area contributed by atoms with Crippen molar-refractivity contribution in [3.8, 4) is 23.0 Å². The maximum atomic E-state index is 13.6. The van der Waals surface area contributed by atoms with Gasteiger partial charge in [0.15, 0.2) is 0 Å². The molecule has 7 nitrogen and oxygen atoms in total. The summed E-state index contributed by atoms with van der Waals surface area (Å²) in [5.41, 5.74) is -1.06. The third-order valence-corrected chi connectivity index (χ3v) is 7.34. The summed E-state index contributed by atoms with van der Waals surface area (Å²) in [6.45, 7) is 1.16. The second-order valence-corrected chi connectivity index (χ2v) is 10.6. The van der Waals surface area contributed by atoms with Gasteiger partial charge in [0, 0.05) is 25.2 Å². The third kappa shape index (κ3) is 6.60. The molecule has 3 aromatic carbocycles. The van der Waals surface area contributed by atoms with E-state index in [1.807, 2.05) is 11.9 Å². The number of hydrogen-bond acceptors (Lipinski definition) is 6. The zero-order valence-electron chi connectivity index (χ0n) is 19.9. The van der Waals surface area contributed by atoms with E-state index in [4.69, 9.17) is 25.8 Å². The van der Waals surface area contributed by atoms with Crippen LogP contribution in [0.25, 0.3) is 0 Å². The first kappa shape index (κ1) is 26.9. The number of halogens is 4. The van der Waals surface area contributed by atoms with Gasteiger partial charge in [-0.3, -0.25) is 4.72 Å². The summed E-state index contributed by atoms with van der Waals surface area (Å²) in [6, 6.07) is 13.5. The fraction of sp³-hybridized carbons (Fsp3) is 0.280. The van der Waals surface area contributed by atoms with Crippen molar-refractivity contribution < 1.29 is 35.8 Å². The third-order valence-electron chi connectivity index (χ3n) is 5.66. The van der Waals surface area contributed by atoms with E-state index in [9.17, 15) is 21.6 Å². The predicted octanol–water partition coefficient (Wildman–Crippen LogP) is 6.04. The zero-order chi connectivity index (χ0) is 26.8. The minimum absolute atomic E-state index is 0.0208. The second kappa shape index (κ2) is 10.7. The summed E-state index contributed by atoms with van der Waals surface area (Å²) < 4.78 is 85.4. The zero-order valence-corrected chi connectivity index (χ0v) is 21.5. The van der Waals surface area contributed by atoms with Gasteiger partial charge in [0.05, 0.1) is 28.3 Å². The SMILES string of the molecule is COc1cccc(Oc2ccc(S(=O)(=O)Nc3ccc(C(F)(F)F)c(OC4CCN(C)C4)c3)cc2Cl)c1. The van der Waals surface area contributed by atoms with Gasteiger partial charge < -0.3 is 19.1 Å². The lowest BCUT2D eigenvalue weighted by atomic mass is 10.1. The Morgan fingerprint density at radius 2 is 1.78 bits per heavy atom. The molecule has 0 amide bonds. The molecule has 37 heavy (non-hydrogen) atoms. The number of anilines is 1. The van der Waals surface area contributed by atoms with Crippen LogP contribution in [-0.2, 0) is 16.2 Å². The van der Waals surface area contributed by atoms with E-state index in [1.165, 1.54) is 25.3 Å². The van der Waals surface area contributed by atoms with Crippen molar-refractivity contribution in [2.75, 3.05) is 32.0 Å². The Kier molecular flexibility index (Phi) is 7.77. The summed E-state index contributed by atoms with van der Waals surface area (Å²) in [5, 5.41) is 0.0208. The van der Waals surface area contributed by atoms with Crippen LogP contribution >= 0.6 is 11.6 Å². The molecule has 0 spiro atoms. The van der Waals surface area contributed by atoms with Gasteiger partial charge in [-0.2, -0.15) is 13.2 Å². The van der Waals surface area contributed by atoms with Crippen LogP contribution in [0.1, 0.15) is 12.0 Å². The largest absolute Gasteiger partial charge is 0.497 e. The molecule has 1 fully saturated rings. The topological polar surface area (TPSA) is 77.1 Å². The Labute approximate surface area is 217 Å². The molecule has 0 radical (unpaired) electrons. The van der Waals surface area contributed by atoms with E-state index < -0.39 is 33.6 Å². The molecule has 12 heteroatoms. The van der Waals surface area contributed by atoms with Gasteiger partial charge in [-0.05, 0) is 55.9 Å². The number of rotatable bonds is 8. The number of benzene rings is 3. The van der Waals surface area contributed by atoms with Crippen LogP contribution in [0.2, 0.25) is 5.02 Å². The quantitative estimate of drug-likeness (QED) is 0.364. The molecule has 1 saturated heterocycles. The Morgan fingerprint density at radius 3 is 2.43 bits per heavy atom. The lowest BCUT2D eigenvalue weighted by molar-refractivity contribution is -0.139. The molecule has 3 aromatic rings. The number of alkyl halides is 3. The van der Waals surface area contributed by atoms with Crippen LogP contribution in [0.3, 0.4) is 0 Å². The number of ether oxygens (including phenoxy) is 3. The molecule has 4 rings (SSSR count). The van der Waals surface area contributed by atoms with Crippen molar-refractivity contribution in [2.24, 2.45) is 0 Å². The van der Waals surface area contributed by atoms with Crippen molar-refractivity contribution in [1.29, 1.82) is 0 Å². The van der Waals surface area contributed by atoms with E-state index in [2.05, 4.69) is 4.72 Å². The summed E-state index contributed by atoms with van der Waals surface area (Å²) >= 11 is 6.27. The standard InChI is InChI=1S/C25H24ClF3N2O5S/c1-31-11-10-19(15-31)36-24-12-16(6-8-21(24)25(27,28)29)30-37(32,33)20-7-9-23(22(26)14-20)35-18-5-3-4-17(13-18)34-2/h3-9,12-14,19,30H,10-11,15H2,1-2H3. The molecule has 1 heterocycles. The molecular weight excluding hydrogens is 533 g/mol. The number of nitrogens with one attached hydrogen (secondary N) is 1. The number of sulfonamides is 1. The van der Waals surface area contributed by atoms with Crippen molar-refractivity contribution in [3.63, 3.8) is 0 Å². The van der Waals surface area contributed by atoms with Gasteiger partial charge in [0.2, 0.25) is 0 Å². The molecule has 1 N–H and O–H groups in total. The summed E-state index contributed by atoms with van der Waals surface area (Å²) in [7, 11) is -0.837. The van der Waals surface area contributed by atoms with Crippen LogP contribution in [0.15, 0.2) is 65.6 Å². The molecule has 0 aromatic heterocycles. The number of hydrogen-bond donors (Lipinski definition) is 1. The van der Waals surface area contributed by atoms with Gasteiger partial charge in [-0.1, -0.05) is 17.7 Å². The monoisotopic (exact) mass is 556 g/mol. The highest BCUT2D eigenvalue weighted by molar-refractivity contribution is 7.92. The molecule has 1 aliphatic rings. The van der Waals surface area contributed by atoms with Gasteiger partial charge in [-0.15, -0.1) is 0 Å². The Bertz CT molecular complexity index is 1380. The number of likely N-dealkylation sites (tertiary alicyclic amines) is 1. The average Bonchev–Trinajstić information content (AvgIpc) is 3.24. The van der Waals surface area contributed by atoms with Crippen molar-refractivity contribution in [2.45, 2.75) is 23.6 Å². The fourth-order valence-corrected chi connectivity index (χ4v) is 5.18. The second-order valence-electron chi connectivity index (χ2n) is 8.48. The predicted molar refractivity (Wildman–Crippen MR) is 133 cm³/mol. The van der Waals surface area contributed by atoms with Crippen LogP contribution < -0.4 is 18.9 Å². The van der Waals surface area contributed by atoms with Crippen LogP contribution in [0.4, 0.5) is 18.9 Å². The van der Waals surface area contributed by atoms with Gasteiger partial charge in [-0.25, -0.2) is 8.42 Å². The highest BCUT2D eigenvalue weighted by Crippen LogP contribution is 2.39. The Hall–Kier alpha value is -3.15. The molecule has 1 aliphatic heterocycles. The number of methoxy groups -OCH3 is 1. The minimum Gasteiger partial charge on any atom is -0.497 e. The summed E-state index contributed by atoms with van der Waals surface area (Å²) in [4.78, 5) is 1.74. The van der Waals surface area contributed by atoms with Gasteiger partial charge in [0.25, 0.3) is 10.0 Å². The van der Waals surface area contributed by atoms with Crippen LogP contribution in [-0.4, -0.2) is 46.7 Å². The minimum atomic E-state index is -4.66. The van der Waals surface area contributed by atoms with Crippen molar-refractivity contribution in [3.05, 3.63) is 71.2 Å². The molecule has 1 unspecified atom stereocenters. The number of likely N-dealkylation sites (N-methyl/N-ethyl adjacent to an activating group) is 1. The lowest BCUT2D eigenvalue weighted by Gasteiger charge is -2.19. The molecule has 198 valence electrons. The van der Waals surface area contributed by atoms with Crippen LogP contribution in [0, 0.1) is 0 Å². The Balaban J connectivity index is 1.55. The summed E-state index contributed by atoms with van der Waals surface area (Å²) in [6.07, 6.45) is -4.54. The summed E-state index contributed by atoms with van der Waals surface area (Å²) in [5.74, 6) is 0.770. The van der Waals surface area contributed by atoms with Crippen molar-refractivity contribution >= 4 is 27.3 Å².